The summed E-state index contributed by atoms with van der Waals surface area (Å²) in [6, 6.07) is 17.1. The Hall–Kier alpha value is -3.55. The van der Waals surface area contributed by atoms with Gasteiger partial charge in [0.25, 0.3) is 0 Å². The van der Waals surface area contributed by atoms with Crippen molar-refractivity contribution in [2.24, 2.45) is 5.73 Å². The van der Waals surface area contributed by atoms with Crippen molar-refractivity contribution in [3.05, 3.63) is 71.8 Å². The van der Waals surface area contributed by atoms with Crippen LogP contribution in [0.25, 0.3) is 0 Å². The minimum atomic E-state index is -1.19. The van der Waals surface area contributed by atoms with Gasteiger partial charge in [0.2, 0.25) is 5.91 Å². The summed E-state index contributed by atoms with van der Waals surface area (Å²) in [6.45, 7) is 4.66. The van der Waals surface area contributed by atoms with E-state index < -0.39 is 42.4 Å². The van der Waals surface area contributed by atoms with E-state index in [1.54, 1.807) is 20.8 Å². The van der Waals surface area contributed by atoms with Crippen LogP contribution in [0.5, 0.6) is 0 Å². The molecular formula is C22H27N3O5. The zero-order valence-electron chi connectivity index (χ0n) is 17.3. The zero-order chi connectivity index (χ0) is 22.1. The van der Waals surface area contributed by atoms with Crippen LogP contribution in [-0.2, 0) is 14.3 Å². The van der Waals surface area contributed by atoms with Crippen molar-refractivity contribution in [1.29, 1.82) is 0 Å². The lowest BCUT2D eigenvalue weighted by molar-refractivity contribution is -0.124. The molecule has 0 spiro atoms. The van der Waals surface area contributed by atoms with Crippen LogP contribution < -0.4 is 16.4 Å². The van der Waals surface area contributed by atoms with Crippen LogP contribution in [0.4, 0.5) is 9.59 Å². The van der Waals surface area contributed by atoms with E-state index in [2.05, 4.69) is 10.6 Å². The number of carbonyl (C=O) groups is 3. The lowest BCUT2D eigenvalue weighted by atomic mass is 9.98. The second kappa shape index (κ2) is 10.3. The molecule has 8 nitrogen and oxygen atoms in total. The number of primary amides is 1. The number of carbonyl (C=O) groups excluding carboxylic acids is 3. The molecule has 2 rings (SSSR count). The molecule has 0 bridgehead atoms. The number of nitrogens with two attached hydrogens (primary N) is 1. The Morgan fingerprint density at radius 3 is 1.83 bits per heavy atom. The van der Waals surface area contributed by atoms with Gasteiger partial charge >= 0.3 is 12.2 Å². The van der Waals surface area contributed by atoms with E-state index in [0.29, 0.717) is 0 Å². The highest BCUT2D eigenvalue weighted by Crippen LogP contribution is 2.22. The van der Waals surface area contributed by atoms with Crippen molar-refractivity contribution < 1.29 is 23.9 Å². The number of nitrogens with one attached hydrogen (secondary N) is 2. The fraction of sp³-hybridized carbons (Fsp3) is 0.318. The van der Waals surface area contributed by atoms with Crippen molar-refractivity contribution >= 4 is 18.1 Å². The monoisotopic (exact) mass is 413 g/mol. The molecule has 2 aromatic carbocycles. The number of alkyl carbamates (subject to hydrolysis) is 1. The van der Waals surface area contributed by atoms with Crippen LogP contribution in [0.2, 0.25) is 0 Å². The first-order valence-electron chi connectivity index (χ1n) is 9.48. The van der Waals surface area contributed by atoms with Gasteiger partial charge in [0.1, 0.15) is 18.2 Å². The van der Waals surface area contributed by atoms with Crippen molar-refractivity contribution in [3.63, 3.8) is 0 Å². The van der Waals surface area contributed by atoms with Crippen LogP contribution >= 0.6 is 0 Å². The van der Waals surface area contributed by atoms with Crippen LogP contribution in [0.1, 0.15) is 37.9 Å². The molecule has 4 N–H and O–H groups in total. The lowest BCUT2D eigenvalue weighted by Gasteiger charge is -2.25. The molecule has 0 heterocycles. The van der Waals surface area contributed by atoms with Gasteiger partial charge in [-0.2, -0.15) is 0 Å². The van der Waals surface area contributed by atoms with Gasteiger partial charge in [-0.25, -0.2) is 9.59 Å². The number of rotatable bonds is 7. The molecule has 30 heavy (non-hydrogen) atoms. The van der Waals surface area contributed by atoms with E-state index in [1.807, 2.05) is 60.7 Å². The highest BCUT2D eigenvalue weighted by atomic mass is 16.6. The predicted molar refractivity (Wildman–Crippen MR) is 112 cm³/mol. The lowest BCUT2D eigenvalue weighted by Crippen LogP contribution is -2.51. The summed E-state index contributed by atoms with van der Waals surface area (Å²) in [5.41, 5.74) is 5.96. The molecule has 0 aromatic heterocycles. The molecule has 160 valence electrons. The Balaban J connectivity index is 2.23. The van der Waals surface area contributed by atoms with Gasteiger partial charge in [-0.1, -0.05) is 60.7 Å². The van der Waals surface area contributed by atoms with Gasteiger partial charge in [-0.15, -0.1) is 0 Å². The molecule has 0 aliphatic carbocycles. The van der Waals surface area contributed by atoms with E-state index in [1.165, 1.54) is 0 Å². The van der Waals surface area contributed by atoms with E-state index in [4.69, 9.17) is 15.2 Å². The summed E-state index contributed by atoms with van der Waals surface area (Å²) < 4.78 is 9.95. The summed E-state index contributed by atoms with van der Waals surface area (Å²) in [6.07, 6.45) is -1.87. The standard InChI is InChI=1S/C22H27N3O5/c1-22(2,3)30-21(28)24-17(14-29-20(23)27)19(26)25-18(15-10-6-4-7-11-15)16-12-8-5-9-13-16/h4-13,17-18H,14H2,1-3H3,(H2,23,27)(H,24,28)(H,25,26)/t17-/m0/s1. The van der Waals surface area contributed by atoms with Crippen LogP contribution in [0.15, 0.2) is 60.7 Å². The van der Waals surface area contributed by atoms with Gasteiger partial charge in [-0.05, 0) is 31.9 Å². The highest BCUT2D eigenvalue weighted by Gasteiger charge is 2.28. The van der Waals surface area contributed by atoms with Crippen molar-refractivity contribution in [3.8, 4) is 0 Å². The molecule has 0 unspecified atom stereocenters. The molecule has 0 saturated heterocycles. The second-order valence-electron chi connectivity index (χ2n) is 7.59. The maximum Gasteiger partial charge on any atom is 0.408 e. The fourth-order valence-corrected chi connectivity index (χ4v) is 2.69. The van der Waals surface area contributed by atoms with Gasteiger partial charge in [0, 0.05) is 0 Å². The third-order valence-electron chi connectivity index (χ3n) is 3.95. The highest BCUT2D eigenvalue weighted by molar-refractivity contribution is 5.86. The Bertz CT molecular complexity index is 811. The number of amides is 3. The van der Waals surface area contributed by atoms with Gasteiger partial charge in [0.15, 0.2) is 0 Å². The molecule has 0 aliphatic rings. The van der Waals surface area contributed by atoms with Gasteiger partial charge in [-0.3, -0.25) is 4.79 Å². The normalized spacial score (nSPS) is 12.0. The maximum absolute atomic E-state index is 13.0. The molecule has 2 aromatic rings. The summed E-state index contributed by atoms with van der Waals surface area (Å²) >= 11 is 0. The summed E-state index contributed by atoms with van der Waals surface area (Å²) in [5, 5.41) is 5.33. The van der Waals surface area contributed by atoms with Gasteiger partial charge < -0.3 is 25.8 Å². The number of hydrogen-bond acceptors (Lipinski definition) is 5. The number of hydrogen-bond donors (Lipinski definition) is 3. The van der Waals surface area contributed by atoms with Crippen LogP contribution in [0.3, 0.4) is 0 Å². The first kappa shape index (κ1) is 22.7. The van der Waals surface area contributed by atoms with E-state index in [0.717, 1.165) is 11.1 Å². The predicted octanol–water partition coefficient (Wildman–Crippen LogP) is 2.88. The SMILES string of the molecule is CC(C)(C)OC(=O)N[C@@H](COC(N)=O)C(=O)NC(c1ccccc1)c1ccccc1. The first-order chi connectivity index (χ1) is 14.2. The molecule has 0 radical (unpaired) electrons. The minimum Gasteiger partial charge on any atom is -0.447 e. The topological polar surface area (TPSA) is 120 Å². The largest absolute Gasteiger partial charge is 0.447 e. The third kappa shape index (κ3) is 7.46. The summed E-state index contributed by atoms with van der Waals surface area (Å²) in [7, 11) is 0. The fourth-order valence-electron chi connectivity index (χ4n) is 2.69. The Kier molecular flexibility index (Phi) is 7.80. The van der Waals surface area contributed by atoms with Crippen molar-refractivity contribution in [2.75, 3.05) is 6.61 Å². The van der Waals surface area contributed by atoms with Crippen molar-refractivity contribution in [1.82, 2.24) is 10.6 Å². The number of ether oxygens (including phenoxy) is 2. The quantitative estimate of drug-likeness (QED) is 0.645. The average molecular weight is 413 g/mol. The van der Waals surface area contributed by atoms with E-state index >= 15 is 0 Å². The second-order valence-corrected chi connectivity index (χ2v) is 7.59. The Labute approximate surface area is 175 Å². The molecule has 0 fully saturated rings. The number of benzene rings is 2. The minimum absolute atomic E-state index is 0.434. The van der Waals surface area contributed by atoms with Crippen LogP contribution in [0, 0.1) is 0 Å². The molecule has 0 saturated carbocycles. The first-order valence-corrected chi connectivity index (χ1v) is 9.48. The smallest absolute Gasteiger partial charge is 0.408 e. The maximum atomic E-state index is 13.0. The third-order valence-corrected chi connectivity index (χ3v) is 3.95. The molecule has 1 atom stereocenters. The molecular weight excluding hydrogens is 386 g/mol. The Morgan fingerprint density at radius 1 is 0.900 bits per heavy atom. The zero-order valence-corrected chi connectivity index (χ0v) is 17.3. The van der Waals surface area contributed by atoms with Crippen LogP contribution in [-0.4, -0.2) is 36.3 Å². The molecule has 8 heteroatoms. The average Bonchev–Trinajstić information content (AvgIpc) is 2.69. The molecule has 0 aliphatic heterocycles. The van der Waals surface area contributed by atoms with E-state index in [-0.39, 0.29) is 0 Å². The van der Waals surface area contributed by atoms with Crippen molar-refractivity contribution in [2.45, 2.75) is 38.5 Å². The summed E-state index contributed by atoms with van der Waals surface area (Å²) in [5.74, 6) is -0.556. The summed E-state index contributed by atoms with van der Waals surface area (Å²) in [4.78, 5) is 36.2. The molecule has 3 amide bonds. The van der Waals surface area contributed by atoms with E-state index in [9.17, 15) is 14.4 Å². The van der Waals surface area contributed by atoms with Gasteiger partial charge in [0.05, 0.1) is 6.04 Å². The Morgan fingerprint density at radius 2 is 1.40 bits per heavy atom.